The van der Waals surface area contributed by atoms with Crippen LogP contribution in [0.3, 0.4) is 0 Å². The Balaban J connectivity index is 0.00000441. The van der Waals surface area contributed by atoms with E-state index in [1.165, 1.54) is 0 Å². The van der Waals surface area contributed by atoms with E-state index in [2.05, 4.69) is 15.6 Å². The first-order valence-electron chi connectivity index (χ1n) is 7.05. The molecule has 0 radical (unpaired) electrons. The van der Waals surface area contributed by atoms with E-state index in [1.807, 2.05) is 24.3 Å². The molecule has 0 saturated carbocycles. The van der Waals surface area contributed by atoms with Crippen molar-refractivity contribution in [3.63, 3.8) is 0 Å². The highest BCUT2D eigenvalue weighted by atomic mass is 127. The van der Waals surface area contributed by atoms with Crippen LogP contribution >= 0.6 is 24.0 Å². The molecule has 0 bridgehead atoms. The molecule has 7 heteroatoms. The third-order valence-electron chi connectivity index (χ3n) is 2.68. The molecule has 0 atom stereocenters. The van der Waals surface area contributed by atoms with E-state index < -0.39 is 0 Å². The lowest BCUT2D eigenvalue weighted by atomic mass is 10.3. The van der Waals surface area contributed by atoms with Gasteiger partial charge in [0.2, 0.25) is 0 Å². The Hall–Kier alpha value is -1.09. The number of nitrogens with one attached hydrogen (secondary N) is 2. The summed E-state index contributed by atoms with van der Waals surface area (Å²) in [5, 5.41) is 6.18. The van der Waals surface area contributed by atoms with Gasteiger partial charge < -0.3 is 20.1 Å². The minimum atomic E-state index is -0.338. The van der Waals surface area contributed by atoms with E-state index in [4.69, 9.17) is 9.47 Å². The molecule has 0 spiro atoms. The van der Waals surface area contributed by atoms with Gasteiger partial charge in [-0.25, -0.2) is 0 Å². The van der Waals surface area contributed by atoms with Crippen LogP contribution in [-0.2, 0) is 4.74 Å². The maximum atomic E-state index is 12.1. The van der Waals surface area contributed by atoms with Crippen LogP contribution < -0.4 is 15.4 Å². The second kappa shape index (κ2) is 13.6. The van der Waals surface area contributed by atoms with Crippen LogP contribution in [-0.4, -0.2) is 46.6 Å². The zero-order valence-electron chi connectivity index (χ0n) is 13.1. The van der Waals surface area contributed by atoms with Gasteiger partial charge in [0.15, 0.2) is 5.96 Å². The first-order valence-corrected chi connectivity index (χ1v) is 7.05. The molecule has 0 aliphatic heterocycles. The van der Waals surface area contributed by atoms with Gasteiger partial charge in [0, 0.05) is 45.5 Å². The summed E-state index contributed by atoms with van der Waals surface area (Å²) in [6.07, 6.45) is 1.31. The fourth-order valence-corrected chi connectivity index (χ4v) is 1.65. The van der Waals surface area contributed by atoms with Gasteiger partial charge in [-0.15, -0.1) is 24.0 Å². The van der Waals surface area contributed by atoms with Gasteiger partial charge in [-0.1, -0.05) is 6.07 Å². The topological polar surface area (TPSA) is 54.9 Å². The Morgan fingerprint density at radius 2 is 2.09 bits per heavy atom. The fourth-order valence-electron chi connectivity index (χ4n) is 1.65. The van der Waals surface area contributed by atoms with E-state index in [9.17, 15) is 4.39 Å². The van der Waals surface area contributed by atoms with E-state index in [0.29, 0.717) is 32.1 Å². The number of halogens is 2. The lowest BCUT2D eigenvalue weighted by Crippen LogP contribution is -2.31. The Bertz CT molecular complexity index is 433. The number of nitrogens with zero attached hydrogens (tertiary/aromatic N) is 1. The lowest BCUT2D eigenvalue weighted by Gasteiger charge is -2.12. The molecule has 22 heavy (non-hydrogen) atoms. The predicted molar refractivity (Wildman–Crippen MR) is 99.4 cm³/mol. The highest BCUT2D eigenvalue weighted by Gasteiger charge is 2.01. The van der Waals surface area contributed by atoms with Gasteiger partial charge in [0.1, 0.15) is 5.75 Å². The Morgan fingerprint density at radius 3 is 2.77 bits per heavy atom. The smallest absolute Gasteiger partial charge is 0.195 e. The second-order valence-corrected chi connectivity index (χ2v) is 4.39. The molecule has 0 aromatic heterocycles. The van der Waals surface area contributed by atoms with Crippen molar-refractivity contribution in [2.24, 2.45) is 4.99 Å². The van der Waals surface area contributed by atoms with Crippen molar-refractivity contribution in [1.29, 1.82) is 0 Å². The SMILES string of the molecule is CN=C(NCCCF)Nc1cccc(OCCCOC)c1.I. The minimum absolute atomic E-state index is 0. The van der Waals surface area contributed by atoms with Crippen LogP contribution in [0.1, 0.15) is 12.8 Å². The Morgan fingerprint density at radius 1 is 1.27 bits per heavy atom. The first-order chi connectivity index (χ1) is 10.3. The lowest BCUT2D eigenvalue weighted by molar-refractivity contribution is 0.172. The molecule has 0 fully saturated rings. The zero-order valence-corrected chi connectivity index (χ0v) is 15.4. The first kappa shape index (κ1) is 20.9. The summed E-state index contributed by atoms with van der Waals surface area (Å²) < 4.78 is 22.7. The number of hydrogen-bond donors (Lipinski definition) is 2. The molecule has 0 saturated heterocycles. The van der Waals surface area contributed by atoms with Crippen molar-refractivity contribution in [2.45, 2.75) is 12.8 Å². The van der Waals surface area contributed by atoms with Crippen LogP contribution in [0.4, 0.5) is 10.1 Å². The van der Waals surface area contributed by atoms with Gasteiger partial charge in [-0.05, 0) is 18.6 Å². The van der Waals surface area contributed by atoms with Crippen molar-refractivity contribution in [2.75, 3.05) is 45.9 Å². The maximum Gasteiger partial charge on any atom is 0.195 e. The molecule has 1 aromatic carbocycles. The highest BCUT2D eigenvalue weighted by Crippen LogP contribution is 2.17. The third kappa shape index (κ3) is 9.04. The number of rotatable bonds is 9. The van der Waals surface area contributed by atoms with Gasteiger partial charge in [-0.2, -0.15) is 0 Å². The molecule has 0 aliphatic carbocycles. The largest absolute Gasteiger partial charge is 0.493 e. The van der Waals surface area contributed by atoms with Gasteiger partial charge >= 0.3 is 0 Å². The van der Waals surface area contributed by atoms with E-state index in [1.54, 1.807) is 14.2 Å². The van der Waals surface area contributed by atoms with Gasteiger partial charge in [0.25, 0.3) is 0 Å². The molecule has 1 rings (SSSR count). The molecule has 126 valence electrons. The number of hydrogen-bond acceptors (Lipinski definition) is 3. The summed E-state index contributed by atoms with van der Waals surface area (Å²) in [5.74, 6) is 1.40. The average Bonchev–Trinajstić information content (AvgIpc) is 2.51. The van der Waals surface area contributed by atoms with E-state index in [-0.39, 0.29) is 30.7 Å². The van der Waals surface area contributed by atoms with E-state index in [0.717, 1.165) is 17.9 Å². The zero-order chi connectivity index (χ0) is 15.3. The number of aliphatic imine (C=N–C) groups is 1. The number of anilines is 1. The van der Waals surface area contributed by atoms with Crippen molar-refractivity contribution < 1.29 is 13.9 Å². The van der Waals surface area contributed by atoms with Crippen molar-refractivity contribution in [3.8, 4) is 5.75 Å². The molecule has 0 aliphatic rings. The number of methoxy groups -OCH3 is 1. The van der Waals surface area contributed by atoms with E-state index >= 15 is 0 Å². The second-order valence-electron chi connectivity index (χ2n) is 4.39. The summed E-state index contributed by atoms with van der Waals surface area (Å²) >= 11 is 0. The number of alkyl halides is 1. The number of benzene rings is 1. The van der Waals surface area contributed by atoms with Gasteiger partial charge in [-0.3, -0.25) is 9.38 Å². The quantitative estimate of drug-likeness (QED) is 0.277. The van der Waals surface area contributed by atoms with Crippen LogP contribution in [0.2, 0.25) is 0 Å². The van der Waals surface area contributed by atoms with Crippen LogP contribution in [0, 0.1) is 0 Å². The molecular weight excluding hydrogens is 400 g/mol. The average molecular weight is 425 g/mol. The maximum absolute atomic E-state index is 12.1. The van der Waals surface area contributed by atoms with Crippen LogP contribution in [0.5, 0.6) is 5.75 Å². The summed E-state index contributed by atoms with van der Waals surface area (Å²) in [6.45, 7) is 1.50. The Kier molecular flexibility index (Phi) is 12.9. The van der Waals surface area contributed by atoms with Crippen LogP contribution in [0.15, 0.2) is 29.3 Å². The molecule has 0 amide bonds. The highest BCUT2D eigenvalue weighted by molar-refractivity contribution is 14.0. The Labute approximate surface area is 148 Å². The number of guanidine groups is 1. The van der Waals surface area contributed by atoms with Crippen molar-refractivity contribution >= 4 is 35.6 Å². The summed E-state index contributed by atoms with van der Waals surface area (Å²) in [5.41, 5.74) is 0.868. The van der Waals surface area contributed by atoms with Crippen molar-refractivity contribution in [3.05, 3.63) is 24.3 Å². The molecular formula is C15H25FIN3O2. The standard InChI is InChI=1S/C15H24FN3O2.HI/c1-17-15(18-9-4-8-16)19-13-6-3-7-14(12-13)21-11-5-10-20-2;/h3,6-7,12H,4-5,8-11H2,1-2H3,(H2,17,18,19);1H. The molecule has 0 heterocycles. The molecule has 0 unspecified atom stereocenters. The van der Waals surface area contributed by atoms with Crippen LogP contribution in [0.25, 0.3) is 0 Å². The molecule has 2 N–H and O–H groups in total. The molecule has 1 aromatic rings. The number of ether oxygens (including phenoxy) is 2. The fraction of sp³-hybridized carbons (Fsp3) is 0.533. The predicted octanol–water partition coefficient (Wildman–Crippen LogP) is 3.07. The monoisotopic (exact) mass is 425 g/mol. The van der Waals surface area contributed by atoms with Crippen molar-refractivity contribution in [1.82, 2.24) is 5.32 Å². The third-order valence-corrected chi connectivity index (χ3v) is 2.68. The van der Waals surface area contributed by atoms with Gasteiger partial charge in [0.05, 0.1) is 13.3 Å². The summed E-state index contributed by atoms with van der Waals surface area (Å²) in [7, 11) is 3.35. The molecule has 5 nitrogen and oxygen atoms in total. The summed E-state index contributed by atoms with van der Waals surface area (Å²) in [4.78, 5) is 4.09. The minimum Gasteiger partial charge on any atom is -0.493 e. The normalized spacial score (nSPS) is 10.8. The summed E-state index contributed by atoms with van der Waals surface area (Å²) in [6, 6.07) is 7.62.